The van der Waals surface area contributed by atoms with Crippen LogP contribution in [-0.2, 0) is 0 Å². The molecule has 4 aliphatic carbocycles. The first-order chi connectivity index (χ1) is 17.8. The normalized spacial score (nSPS) is 45.6. The Kier molecular flexibility index (Phi) is 9.35. The fourth-order valence-corrected chi connectivity index (χ4v) is 10.6. The van der Waals surface area contributed by atoms with E-state index in [1.54, 1.807) is 0 Å². The minimum atomic E-state index is -1.39. The maximum absolute atomic E-state index is 12.6. The Morgan fingerprint density at radius 2 is 1.53 bits per heavy atom. The van der Waals surface area contributed by atoms with E-state index in [4.69, 9.17) is 0 Å². The summed E-state index contributed by atoms with van der Waals surface area (Å²) in [5.74, 6) is 3.42. The minimum Gasteiger partial charge on any atom is -0.395 e. The Balaban J connectivity index is 1.64. The molecule has 4 rings (SSSR count). The summed E-state index contributed by atoms with van der Waals surface area (Å²) in [5.41, 5.74) is -2.97. The molecule has 5 N–H and O–H groups in total. The van der Waals surface area contributed by atoms with Gasteiger partial charge in [0.05, 0.1) is 19.3 Å². The van der Waals surface area contributed by atoms with Crippen LogP contribution in [0.4, 0.5) is 0 Å². The Morgan fingerprint density at radius 3 is 2.16 bits per heavy atom. The number of aliphatic hydroxyl groups is 5. The molecule has 6 nitrogen and oxygen atoms in total. The van der Waals surface area contributed by atoms with Gasteiger partial charge in [-0.1, -0.05) is 53.9 Å². The maximum Gasteiger partial charge on any atom is 0.107 e. The molecule has 4 saturated carbocycles. The molecule has 222 valence electrons. The van der Waals surface area contributed by atoms with E-state index in [9.17, 15) is 25.5 Å². The van der Waals surface area contributed by atoms with Crippen molar-refractivity contribution in [3.05, 3.63) is 0 Å². The molecule has 0 aliphatic heterocycles. The fraction of sp³-hybridized carbons (Fsp3) is 1.00. The number of rotatable bonds is 11. The molecule has 0 spiro atoms. The summed E-state index contributed by atoms with van der Waals surface area (Å²) >= 11 is 0. The van der Waals surface area contributed by atoms with Gasteiger partial charge in [0.25, 0.3) is 0 Å². The predicted octanol–water partition coefficient (Wildman–Crippen LogP) is 4.21. The van der Waals surface area contributed by atoms with E-state index in [0.717, 1.165) is 24.7 Å². The van der Waals surface area contributed by atoms with Gasteiger partial charge in [-0.05, 0) is 85.9 Å². The standard InChI is InChI=1S/C32H59NO5/c1-22(2)7-6-8-23(3)26-9-10-27-25-20-31(37,21-33(15-17-34)16-18-35)32(38)19-24(36)11-14-30(32,5)28(25)12-13-29(26,27)4/h22-28,34-38H,6-21H2,1-5H3/t23-,24+,25+,26-,27+,28+,29-,30-,31+,32-/m1/s1. The quantitative estimate of drug-likeness (QED) is 0.270. The number of aliphatic hydroxyl groups excluding tert-OH is 3. The number of hydrogen-bond donors (Lipinski definition) is 5. The number of fused-ring (bicyclic) bond motifs is 5. The molecular weight excluding hydrogens is 478 g/mol. The van der Waals surface area contributed by atoms with Crippen molar-refractivity contribution in [1.82, 2.24) is 4.90 Å². The molecular formula is C32H59NO5. The summed E-state index contributed by atoms with van der Waals surface area (Å²) in [6.07, 6.45) is 10.2. The Hall–Kier alpha value is -0.240. The monoisotopic (exact) mass is 537 g/mol. The lowest BCUT2D eigenvalue weighted by Gasteiger charge is -2.69. The summed E-state index contributed by atoms with van der Waals surface area (Å²) in [4.78, 5) is 1.90. The third-order valence-corrected chi connectivity index (χ3v) is 12.6. The van der Waals surface area contributed by atoms with Gasteiger partial charge in [0.15, 0.2) is 0 Å². The molecule has 4 aliphatic rings. The van der Waals surface area contributed by atoms with Crippen molar-refractivity contribution < 1.29 is 25.5 Å². The van der Waals surface area contributed by atoms with Crippen molar-refractivity contribution in [3.63, 3.8) is 0 Å². The van der Waals surface area contributed by atoms with Crippen LogP contribution >= 0.6 is 0 Å². The van der Waals surface area contributed by atoms with Gasteiger partial charge >= 0.3 is 0 Å². The molecule has 0 bridgehead atoms. The molecule has 0 amide bonds. The smallest absolute Gasteiger partial charge is 0.107 e. The second kappa shape index (κ2) is 11.6. The molecule has 0 heterocycles. The van der Waals surface area contributed by atoms with Crippen molar-refractivity contribution in [2.75, 3.05) is 32.8 Å². The van der Waals surface area contributed by atoms with Crippen LogP contribution in [0.1, 0.15) is 105 Å². The van der Waals surface area contributed by atoms with E-state index in [1.165, 1.54) is 38.5 Å². The number of nitrogens with zero attached hydrogens (tertiary/aromatic N) is 1. The highest BCUT2D eigenvalue weighted by atomic mass is 16.4. The molecule has 0 saturated heterocycles. The second-order valence-corrected chi connectivity index (χ2v) is 15.0. The van der Waals surface area contributed by atoms with Crippen molar-refractivity contribution in [2.24, 2.45) is 46.3 Å². The fourth-order valence-electron chi connectivity index (χ4n) is 10.6. The van der Waals surface area contributed by atoms with Crippen LogP contribution in [0.2, 0.25) is 0 Å². The molecule has 0 unspecified atom stereocenters. The largest absolute Gasteiger partial charge is 0.395 e. The summed E-state index contributed by atoms with van der Waals surface area (Å²) in [7, 11) is 0. The van der Waals surface area contributed by atoms with Gasteiger partial charge in [-0.15, -0.1) is 0 Å². The first kappa shape index (κ1) is 30.7. The van der Waals surface area contributed by atoms with Crippen molar-refractivity contribution in [1.29, 1.82) is 0 Å². The van der Waals surface area contributed by atoms with Gasteiger partial charge in [-0.3, -0.25) is 4.90 Å². The molecule has 10 atom stereocenters. The highest BCUT2D eigenvalue weighted by Crippen LogP contribution is 2.71. The molecule has 0 aromatic rings. The van der Waals surface area contributed by atoms with Gasteiger partial charge in [-0.25, -0.2) is 0 Å². The van der Waals surface area contributed by atoms with Gasteiger partial charge in [0.2, 0.25) is 0 Å². The molecule has 4 fully saturated rings. The molecule has 0 aromatic heterocycles. The van der Waals surface area contributed by atoms with E-state index in [2.05, 4.69) is 34.6 Å². The summed E-state index contributed by atoms with van der Waals surface area (Å²) in [6, 6.07) is 0. The summed E-state index contributed by atoms with van der Waals surface area (Å²) in [5, 5.41) is 55.1. The van der Waals surface area contributed by atoms with E-state index in [0.29, 0.717) is 49.6 Å². The van der Waals surface area contributed by atoms with Crippen LogP contribution in [0.3, 0.4) is 0 Å². The van der Waals surface area contributed by atoms with E-state index in [1.807, 2.05) is 4.90 Å². The summed E-state index contributed by atoms with van der Waals surface area (Å²) < 4.78 is 0. The van der Waals surface area contributed by atoms with Crippen LogP contribution in [0, 0.1) is 46.3 Å². The zero-order valence-electron chi connectivity index (χ0n) is 25.0. The van der Waals surface area contributed by atoms with E-state index in [-0.39, 0.29) is 31.6 Å². The van der Waals surface area contributed by atoms with Gasteiger partial charge in [0.1, 0.15) is 11.2 Å². The van der Waals surface area contributed by atoms with Crippen LogP contribution in [0.25, 0.3) is 0 Å². The first-order valence-corrected chi connectivity index (χ1v) is 15.9. The average molecular weight is 538 g/mol. The first-order valence-electron chi connectivity index (χ1n) is 15.9. The predicted molar refractivity (Wildman–Crippen MR) is 151 cm³/mol. The highest BCUT2D eigenvalue weighted by molar-refractivity contribution is 5.22. The van der Waals surface area contributed by atoms with Crippen LogP contribution in [0.15, 0.2) is 0 Å². The topological polar surface area (TPSA) is 104 Å². The van der Waals surface area contributed by atoms with Crippen LogP contribution in [0.5, 0.6) is 0 Å². The molecule has 0 radical (unpaired) electrons. The Morgan fingerprint density at radius 1 is 0.842 bits per heavy atom. The molecule has 38 heavy (non-hydrogen) atoms. The lowest BCUT2D eigenvalue weighted by Crippen LogP contribution is -2.76. The maximum atomic E-state index is 12.6. The van der Waals surface area contributed by atoms with Crippen LogP contribution < -0.4 is 0 Å². The van der Waals surface area contributed by atoms with Gasteiger partial charge in [-0.2, -0.15) is 0 Å². The highest BCUT2D eigenvalue weighted by Gasteiger charge is 2.72. The zero-order chi connectivity index (χ0) is 27.9. The molecule has 6 heteroatoms. The lowest BCUT2D eigenvalue weighted by atomic mass is 9.39. The molecule has 0 aromatic carbocycles. The average Bonchev–Trinajstić information content (AvgIpc) is 3.19. The second-order valence-electron chi connectivity index (χ2n) is 15.0. The van der Waals surface area contributed by atoms with E-state index < -0.39 is 22.7 Å². The minimum absolute atomic E-state index is 0.0580. The van der Waals surface area contributed by atoms with Crippen molar-refractivity contribution in [3.8, 4) is 0 Å². The SMILES string of the molecule is CC(C)CCC[C@@H](C)[C@H]1CC[C@H]2[C@@H]3C[C@](O)(CN(CCO)CCO)[C@@]4(O)C[C@@H](O)CC[C@]4(C)[C@H]3CC[C@]12C. The summed E-state index contributed by atoms with van der Waals surface area (Å²) in [6.45, 7) is 12.7. The lowest BCUT2D eigenvalue weighted by molar-refractivity contribution is -0.309. The van der Waals surface area contributed by atoms with Gasteiger partial charge in [0, 0.05) is 31.5 Å². The third kappa shape index (κ3) is 5.13. The Labute approximate surface area is 232 Å². The van der Waals surface area contributed by atoms with Crippen molar-refractivity contribution in [2.45, 2.75) is 123 Å². The third-order valence-electron chi connectivity index (χ3n) is 12.6. The van der Waals surface area contributed by atoms with Crippen molar-refractivity contribution >= 4 is 0 Å². The van der Waals surface area contributed by atoms with Gasteiger partial charge < -0.3 is 25.5 Å². The van der Waals surface area contributed by atoms with E-state index >= 15 is 0 Å². The van der Waals surface area contributed by atoms with Crippen LogP contribution in [-0.4, -0.2) is 80.6 Å². The Bertz CT molecular complexity index is 788. The number of hydrogen-bond acceptors (Lipinski definition) is 6. The zero-order valence-corrected chi connectivity index (χ0v) is 25.0.